The molecular formula is C16H13F3N2OS. The number of Topliss-reactive ketones (excluding diaryl/α,β-unsaturated/α-hetero) is 1. The van der Waals surface area contributed by atoms with Crippen LogP contribution in [0.2, 0.25) is 0 Å². The van der Waals surface area contributed by atoms with Gasteiger partial charge in [-0.2, -0.15) is 18.4 Å². The smallest absolute Gasteiger partial charge is 0.353 e. The lowest BCUT2D eigenvalue weighted by atomic mass is 9.80. The summed E-state index contributed by atoms with van der Waals surface area (Å²) < 4.78 is 38.8. The van der Waals surface area contributed by atoms with Gasteiger partial charge >= 0.3 is 6.18 Å². The molecule has 2 rings (SSSR count). The molecule has 3 nitrogen and oxygen atoms in total. The third-order valence-electron chi connectivity index (χ3n) is 3.59. The van der Waals surface area contributed by atoms with Gasteiger partial charge in [-0.05, 0) is 25.5 Å². The Balaban J connectivity index is 2.68. The van der Waals surface area contributed by atoms with Gasteiger partial charge in [-0.1, -0.05) is 18.2 Å². The van der Waals surface area contributed by atoms with E-state index in [1.165, 1.54) is 19.1 Å². The van der Waals surface area contributed by atoms with Crippen LogP contribution in [0.5, 0.6) is 0 Å². The maximum Gasteiger partial charge on any atom is 0.416 e. The fourth-order valence-electron chi connectivity index (χ4n) is 2.62. The molecule has 1 aromatic rings. The molecule has 0 spiro atoms. The molecule has 1 aliphatic heterocycles. The van der Waals surface area contributed by atoms with Crippen molar-refractivity contribution in [2.24, 2.45) is 0 Å². The van der Waals surface area contributed by atoms with Crippen LogP contribution in [-0.2, 0) is 11.0 Å². The average Bonchev–Trinajstić information content (AvgIpc) is 2.45. The average molecular weight is 338 g/mol. The Kier molecular flexibility index (Phi) is 4.57. The first-order chi connectivity index (χ1) is 10.7. The Bertz CT molecular complexity index is 772. The minimum atomic E-state index is -4.50. The van der Waals surface area contributed by atoms with Gasteiger partial charge in [0.15, 0.2) is 5.78 Å². The molecule has 1 aliphatic rings. The normalized spacial score (nSPS) is 18.6. The first-order valence-corrected chi connectivity index (χ1v) is 7.10. The van der Waals surface area contributed by atoms with E-state index in [1.54, 1.807) is 6.92 Å². The number of carbonyl (C=O) groups is 1. The van der Waals surface area contributed by atoms with E-state index in [9.17, 15) is 23.2 Å². The van der Waals surface area contributed by atoms with Crippen molar-refractivity contribution in [2.75, 3.05) is 0 Å². The molecule has 0 aromatic heterocycles. The van der Waals surface area contributed by atoms with Gasteiger partial charge in [-0.3, -0.25) is 4.79 Å². The molecule has 23 heavy (non-hydrogen) atoms. The molecule has 1 heterocycles. The van der Waals surface area contributed by atoms with Gasteiger partial charge in [-0.15, -0.1) is 12.6 Å². The van der Waals surface area contributed by atoms with Crippen molar-refractivity contribution in [2.45, 2.75) is 25.9 Å². The summed E-state index contributed by atoms with van der Waals surface area (Å²) in [5, 5.41) is 12.4. The quantitative estimate of drug-likeness (QED) is 0.804. The van der Waals surface area contributed by atoms with Crippen molar-refractivity contribution in [3.8, 4) is 6.07 Å². The van der Waals surface area contributed by atoms with Crippen molar-refractivity contribution in [3.63, 3.8) is 0 Å². The summed E-state index contributed by atoms with van der Waals surface area (Å²) in [4.78, 5) is 12.0. The van der Waals surface area contributed by atoms with Crippen molar-refractivity contribution in [3.05, 3.63) is 57.3 Å². The SMILES string of the molecule is CC(=O)C1=C(C)NC(S)=C(C#N)[C@@H]1c1cccc(C(F)(F)F)c1. The van der Waals surface area contributed by atoms with Crippen LogP contribution in [-0.4, -0.2) is 5.78 Å². The van der Waals surface area contributed by atoms with Gasteiger partial charge in [-0.25, -0.2) is 0 Å². The number of thiol groups is 1. The number of hydrogen-bond acceptors (Lipinski definition) is 4. The van der Waals surface area contributed by atoms with Gasteiger partial charge in [0.25, 0.3) is 0 Å². The Morgan fingerprint density at radius 3 is 2.57 bits per heavy atom. The Labute approximate surface area is 136 Å². The number of nitrogens with one attached hydrogen (secondary N) is 1. The molecule has 0 unspecified atom stereocenters. The molecule has 1 aromatic carbocycles. The molecule has 0 bridgehead atoms. The fourth-order valence-corrected chi connectivity index (χ4v) is 2.97. The van der Waals surface area contributed by atoms with Crippen LogP contribution >= 0.6 is 12.6 Å². The third-order valence-corrected chi connectivity index (χ3v) is 3.94. The molecule has 1 N–H and O–H groups in total. The highest BCUT2D eigenvalue weighted by Crippen LogP contribution is 2.40. The minimum Gasteiger partial charge on any atom is -0.353 e. The molecule has 1 atom stereocenters. The van der Waals surface area contributed by atoms with Crippen LogP contribution < -0.4 is 5.32 Å². The van der Waals surface area contributed by atoms with Crippen LogP contribution in [0.15, 0.2) is 46.1 Å². The number of rotatable bonds is 2. The van der Waals surface area contributed by atoms with E-state index in [-0.39, 0.29) is 27.5 Å². The van der Waals surface area contributed by atoms with E-state index >= 15 is 0 Å². The lowest BCUT2D eigenvalue weighted by molar-refractivity contribution is -0.137. The summed E-state index contributed by atoms with van der Waals surface area (Å²) in [6.45, 7) is 2.95. The predicted octanol–water partition coefficient (Wildman–Crippen LogP) is 3.92. The van der Waals surface area contributed by atoms with Crippen LogP contribution in [0.25, 0.3) is 0 Å². The second-order valence-electron chi connectivity index (χ2n) is 5.15. The summed E-state index contributed by atoms with van der Waals surface area (Å²) in [5.74, 6) is -1.18. The molecule has 0 amide bonds. The van der Waals surface area contributed by atoms with Gasteiger partial charge in [0.05, 0.1) is 28.2 Å². The predicted molar refractivity (Wildman–Crippen MR) is 82.3 cm³/mol. The van der Waals surface area contributed by atoms with Crippen molar-refractivity contribution in [1.82, 2.24) is 5.32 Å². The molecule has 0 saturated heterocycles. The zero-order valence-electron chi connectivity index (χ0n) is 12.3. The number of nitriles is 1. The lowest BCUT2D eigenvalue weighted by Crippen LogP contribution is -2.26. The minimum absolute atomic E-state index is 0.114. The molecule has 0 fully saturated rings. The number of hydrogen-bond donors (Lipinski definition) is 2. The highest BCUT2D eigenvalue weighted by molar-refractivity contribution is 7.84. The Morgan fingerprint density at radius 1 is 1.39 bits per heavy atom. The van der Waals surface area contributed by atoms with E-state index in [4.69, 9.17) is 0 Å². The highest BCUT2D eigenvalue weighted by atomic mass is 32.1. The van der Waals surface area contributed by atoms with Crippen molar-refractivity contribution < 1.29 is 18.0 Å². The molecule has 0 aliphatic carbocycles. The number of nitrogens with zero attached hydrogens (tertiary/aromatic N) is 1. The van der Waals surface area contributed by atoms with Crippen LogP contribution in [0, 0.1) is 11.3 Å². The zero-order valence-corrected chi connectivity index (χ0v) is 13.2. The van der Waals surface area contributed by atoms with E-state index in [2.05, 4.69) is 17.9 Å². The maximum absolute atomic E-state index is 12.9. The Morgan fingerprint density at radius 2 is 2.04 bits per heavy atom. The first kappa shape index (κ1) is 17.2. The van der Waals surface area contributed by atoms with E-state index in [1.807, 2.05) is 6.07 Å². The van der Waals surface area contributed by atoms with Gasteiger partial charge in [0.1, 0.15) is 0 Å². The van der Waals surface area contributed by atoms with E-state index in [0.717, 1.165) is 12.1 Å². The second-order valence-corrected chi connectivity index (χ2v) is 5.60. The monoisotopic (exact) mass is 338 g/mol. The molecule has 7 heteroatoms. The summed E-state index contributed by atoms with van der Waals surface area (Å²) >= 11 is 4.18. The number of ketones is 1. The fraction of sp³-hybridized carbons (Fsp3) is 0.250. The number of allylic oxidation sites excluding steroid dienone is 3. The largest absolute Gasteiger partial charge is 0.416 e. The summed E-state index contributed by atoms with van der Waals surface area (Å²) in [6, 6.07) is 6.59. The highest BCUT2D eigenvalue weighted by Gasteiger charge is 2.35. The van der Waals surface area contributed by atoms with Crippen LogP contribution in [0.4, 0.5) is 13.2 Å². The third kappa shape index (κ3) is 3.27. The standard InChI is InChI=1S/C16H13F3N2OS/c1-8-13(9(2)22)14(12(7-20)15(23)21-8)10-4-3-5-11(6-10)16(17,18)19/h3-6,14,21,23H,1-2H3/t14-/m0/s1. The lowest BCUT2D eigenvalue weighted by Gasteiger charge is -2.28. The van der Waals surface area contributed by atoms with E-state index < -0.39 is 17.7 Å². The molecule has 0 radical (unpaired) electrons. The second kappa shape index (κ2) is 6.13. The van der Waals surface area contributed by atoms with Crippen LogP contribution in [0.1, 0.15) is 30.9 Å². The number of halogens is 3. The van der Waals surface area contributed by atoms with Crippen molar-refractivity contribution in [1.29, 1.82) is 5.26 Å². The summed E-state index contributed by atoms with van der Waals surface area (Å²) in [6.07, 6.45) is -4.50. The zero-order chi connectivity index (χ0) is 17.4. The summed E-state index contributed by atoms with van der Waals surface area (Å²) in [5.41, 5.74) is 0.257. The van der Waals surface area contributed by atoms with Gasteiger partial charge < -0.3 is 5.32 Å². The first-order valence-electron chi connectivity index (χ1n) is 6.66. The van der Waals surface area contributed by atoms with Crippen LogP contribution in [0.3, 0.4) is 0 Å². The number of dihydropyridines is 1. The van der Waals surface area contributed by atoms with Crippen molar-refractivity contribution >= 4 is 18.4 Å². The maximum atomic E-state index is 12.9. The topological polar surface area (TPSA) is 52.9 Å². The molecule has 0 saturated carbocycles. The van der Waals surface area contributed by atoms with Gasteiger partial charge in [0.2, 0.25) is 0 Å². The summed E-state index contributed by atoms with van der Waals surface area (Å²) in [7, 11) is 0. The number of alkyl halides is 3. The molecular weight excluding hydrogens is 325 g/mol. The van der Waals surface area contributed by atoms with Gasteiger partial charge in [0, 0.05) is 11.3 Å². The van der Waals surface area contributed by atoms with E-state index in [0.29, 0.717) is 5.70 Å². The number of carbonyl (C=O) groups excluding carboxylic acids is 1. The molecule has 120 valence electrons. The Hall–Kier alpha value is -2.20. The number of benzene rings is 1.